The lowest BCUT2D eigenvalue weighted by Crippen LogP contribution is -2.33. The fraction of sp³-hybridized carbons (Fsp3) is 0.692. The van der Waals surface area contributed by atoms with Gasteiger partial charge in [-0.15, -0.1) is 11.3 Å². The highest BCUT2D eigenvalue weighted by molar-refractivity contribution is 7.98. The van der Waals surface area contributed by atoms with Crippen LogP contribution in [0.1, 0.15) is 30.7 Å². The Morgan fingerprint density at radius 1 is 1.45 bits per heavy atom. The zero-order valence-electron chi connectivity index (χ0n) is 12.5. The van der Waals surface area contributed by atoms with E-state index in [0.29, 0.717) is 11.4 Å². The predicted octanol–water partition coefficient (Wildman–Crippen LogP) is 2.59. The number of thiophene rings is 1. The van der Waals surface area contributed by atoms with Crippen LogP contribution in [0.2, 0.25) is 0 Å². The molecule has 1 heterocycles. The summed E-state index contributed by atoms with van der Waals surface area (Å²) in [6.45, 7) is 7.21. The van der Waals surface area contributed by atoms with E-state index < -0.39 is 10.0 Å². The lowest BCUT2D eigenvalue weighted by molar-refractivity contribution is 0.555. The van der Waals surface area contributed by atoms with Crippen LogP contribution in [-0.4, -0.2) is 33.0 Å². The minimum absolute atomic E-state index is 0.0428. The number of aryl methyl sites for hydroxylation is 1. The fourth-order valence-corrected chi connectivity index (χ4v) is 5.53. The fourth-order valence-electron chi connectivity index (χ4n) is 1.89. The molecule has 0 spiro atoms. The van der Waals surface area contributed by atoms with E-state index in [0.717, 1.165) is 29.2 Å². The van der Waals surface area contributed by atoms with Crippen LogP contribution in [0.4, 0.5) is 0 Å². The molecule has 1 rings (SSSR count). The Kier molecular flexibility index (Phi) is 7.53. The van der Waals surface area contributed by atoms with Gasteiger partial charge in [-0.2, -0.15) is 11.8 Å². The minimum atomic E-state index is -3.43. The van der Waals surface area contributed by atoms with Gasteiger partial charge in [0, 0.05) is 17.5 Å². The number of sulfonamides is 1. The van der Waals surface area contributed by atoms with Crippen molar-refractivity contribution >= 4 is 33.1 Å². The Labute approximate surface area is 130 Å². The Morgan fingerprint density at radius 3 is 2.75 bits per heavy atom. The average molecular weight is 337 g/mol. The zero-order valence-corrected chi connectivity index (χ0v) is 15.0. The van der Waals surface area contributed by atoms with E-state index >= 15 is 0 Å². The summed E-state index contributed by atoms with van der Waals surface area (Å²) in [5.41, 5.74) is 0.826. The van der Waals surface area contributed by atoms with Gasteiger partial charge in [-0.25, -0.2) is 13.1 Å². The first kappa shape index (κ1) is 18.0. The van der Waals surface area contributed by atoms with Gasteiger partial charge < -0.3 is 5.32 Å². The molecule has 0 aromatic carbocycles. The van der Waals surface area contributed by atoms with E-state index in [2.05, 4.69) is 10.0 Å². The maximum Gasteiger partial charge on any atom is 0.242 e. The summed E-state index contributed by atoms with van der Waals surface area (Å²) in [4.78, 5) is 1.34. The summed E-state index contributed by atoms with van der Waals surface area (Å²) < 4.78 is 27.9. The standard InChI is InChI=1S/C13H24N2O2S3/c1-5-14-8-12-13(10(2)9-19-12)20(16,17)15-11(3)6-7-18-4/h9,11,14-15H,5-8H2,1-4H3. The molecule has 2 N–H and O–H groups in total. The summed E-state index contributed by atoms with van der Waals surface area (Å²) in [6.07, 6.45) is 2.87. The summed E-state index contributed by atoms with van der Waals surface area (Å²) in [7, 11) is -3.43. The van der Waals surface area contributed by atoms with Crippen molar-refractivity contribution < 1.29 is 8.42 Å². The van der Waals surface area contributed by atoms with Gasteiger partial charge in [0.15, 0.2) is 0 Å². The van der Waals surface area contributed by atoms with Gasteiger partial charge in [-0.3, -0.25) is 0 Å². The molecule has 20 heavy (non-hydrogen) atoms. The third-order valence-electron chi connectivity index (χ3n) is 2.90. The summed E-state index contributed by atoms with van der Waals surface area (Å²) >= 11 is 3.23. The highest BCUT2D eigenvalue weighted by Gasteiger charge is 2.24. The van der Waals surface area contributed by atoms with Crippen LogP contribution >= 0.6 is 23.1 Å². The predicted molar refractivity (Wildman–Crippen MR) is 89.2 cm³/mol. The summed E-state index contributed by atoms with van der Waals surface area (Å²) in [5.74, 6) is 0.955. The van der Waals surface area contributed by atoms with E-state index in [1.807, 2.05) is 32.4 Å². The smallest absolute Gasteiger partial charge is 0.242 e. The molecular formula is C13H24N2O2S3. The maximum absolute atomic E-state index is 12.5. The first-order chi connectivity index (χ1) is 9.42. The average Bonchev–Trinajstić information content (AvgIpc) is 2.75. The molecule has 1 aromatic heterocycles. The lowest BCUT2D eigenvalue weighted by atomic mass is 10.3. The highest BCUT2D eigenvalue weighted by atomic mass is 32.2. The second-order valence-corrected chi connectivity index (χ2v) is 8.36. The van der Waals surface area contributed by atoms with Crippen molar-refractivity contribution in [3.05, 3.63) is 15.8 Å². The second-order valence-electron chi connectivity index (χ2n) is 4.76. The van der Waals surface area contributed by atoms with Crippen LogP contribution in [-0.2, 0) is 16.6 Å². The van der Waals surface area contributed by atoms with Crippen LogP contribution in [0.5, 0.6) is 0 Å². The van der Waals surface area contributed by atoms with Crippen molar-refractivity contribution in [1.82, 2.24) is 10.0 Å². The Bertz CT molecular complexity index is 512. The molecule has 0 aliphatic carbocycles. The largest absolute Gasteiger partial charge is 0.312 e. The second kappa shape index (κ2) is 8.38. The SMILES string of the molecule is CCNCc1scc(C)c1S(=O)(=O)NC(C)CCSC. The third kappa shape index (κ3) is 5.04. The molecule has 1 atom stereocenters. The molecule has 0 bridgehead atoms. The van der Waals surface area contributed by atoms with Gasteiger partial charge in [-0.1, -0.05) is 6.92 Å². The van der Waals surface area contributed by atoms with Crippen LogP contribution < -0.4 is 10.0 Å². The number of rotatable bonds is 9. The number of thioether (sulfide) groups is 1. The van der Waals surface area contributed by atoms with Gasteiger partial charge in [0.1, 0.15) is 4.90 Å². The minimum Gasteiger partial charge on any atom is -0.312 e. The van der Waals surface area contributed by atoms with Gasteiger partial charge in [0.2, 0.25) is 10.0 Å². The van der Waals surface area contributed by atoms with E-state index in [9.17, 15) is 8.42 Å². The lowest BCUT2D eigenvalue weighted by Gasteiger charge is -2.15. The number of hydrogen-bond acceptors (Lipinski definition) is 5. The quantitative estimate of drug-likeness (QED) is 0.728. The maximum atomic E-state index is 12.5. The van der Waals surface area contributed by atoms with Crippen molar-refractivity contribution in [2.45, 2.75) is 44.7 Å². The molecule has 0 saturated heterocycles. The Balaban J connectivity index is 2.88. The van der Waals surface area contributed by atoms with Gasteiger partial charge >= 0.3 is 0 Å². The van der Waals surface area contributed by atoms with E-state index in [1.165, 1.54) is 11.3 Å². The summed E-state index contributed by atoms with van der Waals surface area (Å²) in [5, 5.41) is 5.10. The monoisotopic (exact) mass is 336 g/mol. The van der Waals surface area contributed by atoms with Crippen molar-refractivity contribution in [2.24, 2.45) is 0 Å². The topological polar surface area (TPSA) is 58.2 Å². The molecule has 0 aliphatic rings. The molecule has 1 aromatic rings. The van der Waals surface area contributed by atoms with Crippen molar-refractivity contribution in [3.8, 4) is 0 Å². The summed E-state index contributed by atoms with van der Waals surface area (Å²) in [6, 6.07) is -0.0428. The van der Waals surface area contributed by atoms with Gasteiger partial charge in [0.05, 0.1) is 0 Å². The molecule has 0 fully saturated rings. The van der Waals surface area contributed by atoms with Crippen LogP contribution in [0.3, 0.4) is 0 Å². The molecule has 0 amide bonds. The molecule has 116 valence electrons. The Morgan fingerprint density at radius 2 is 2.15 bits per heavy atom. The highest BCUT2D eigenvalue weighted by Crippen LogP contribution is 2.27. The van der Waals surface area contributed by atoms with Crippen LogP contribution in [0.25, 0.3) is 0 Å². The molecule has 0 radical (unpaired) electrons. The van der Waals surface area contributed by atoms with Crippen LogP contribution in [0, 0.1) is 6.92 Å². The zero-order chi connectivity index (χ0) is 15.2. The Hall–Kier alpha value is -0.0800. The van der Waals surface area contributed by atoms with Crippen molar-refractivity contribution in [3.63, 3.8) is 0 Å². The molecule has 1 unspecified atom stereocenters. The molecule has 4 nitrogen and oxygen atoms in total. The number of hydrogen-bond donors (Lipinski definition) is 2. The molecular weight excluding hydrogens is 312 g/mol. The van der Waals surface area contributed by atoms with Gasteiger partial charge in [0.25, 0.3) is 0 Å². The van der Waals surface area contributed by atoms with E-state index in [1.54, 1.807) is 11.8 Å². The first-order valence-corrected chi connectivity index (χ1v) is 10.5. The van der Waals surface area contributed by atoms with Crippen molar-refractivity contribution in [1.29, 1.82) is 0 Å². The molecule has 7 heteroatoms. The molecule has 0 saturated carbocycles. The first-order valence-electron chi connectivity index (χ1n) is 6.71. The normalized spacial score (nSPS) is 13.6. The molecule has 0 aliphatic heterocycles. The number of nitrogens with one attached hydrogen (secondary N) is 2. The third-order valence-corrected chi connectivity index (χ3v) is 6.60. The van der Waals surface area contributed by atoms with Crippen molar-refractivity contribution in [2.75, 3.05) is 18.6 Å². The van der Waals surface area contributed by atoms with Crippen LogP contribution in [0.15, 0.2) is 10.3 Å². The van der Waals surface area contributed by atoms with E-state index in [4.69, 9.17) is 0 Å². The van der Waals surface area contributed by atoms with E-state index in [-0.39, 0.29) is 6.04 Å². The van der Waals surface area contributed by atoms with Gasteiger partial charge in [-0.05, 0) is 49.8 Å².